The Labute approximate surface area is 120 Å². The van der Waals surface area contributed by atoms with Crippen LogP contribution in [-0.4, -0.2) is 42.5 Å². The van der Waals surface area contributed by atoms with Crippen LogP contribution in [0.4, 0.5) is 4.79 Å². The van der Waals surface area contributed by atoms with E-state index in [1.165, 1.54) is 6.42 Å². The van der Waals surface area contributed by atoms with Crippen LogP contribution in [0.3, 0.4) is 0 Å². The lowest BCUT2D eigenvalue weighted by Gasteiger charge is -2.60. The van der Waals surface area contributed by atoms with Gasteiger partial charge in [-0.1, -0.05) is 6.42 Å². The molecule has 3 aliphatic carbocycles. The molecule has 3 fully saturated rings. The number of aliphatic hydroxyl groups excluding tert-OH is 1. The van der Waals surface area contributed by atoms with E-state index < -0.39 is 0 Å². The van der Waals surface area contributed by atoms with Gasteiger partial charge < -0.3 is 20.5 Å². The maximum atomic E-state index is 11.9. The molecular formula is C15H26N2O3. The van der Waals surface area contributed by atoms with E-state index in [1.54, 1.807) is 0 Å². The summed E-state index contributed by atoms with van der Waals surface area (Å²) >= 11 is 0. The van der Waals surface area contributed by atoms with Crippen LogP contribution in [0.5, 0.6) is 0 Å². The minimum Gasteiger partial charge on any atom is -0.391 e. The van der Waals surface area contributed by atoms with E-state index in [4.69, 9.17) is 4.74 Å². The van der Waals surface area contributed by atoms with Gasteiger partial charge in [-0.2, -0.15) is 0 Å². The molecule has 0 aromatic carbocycles. The largest absolute Gasteiger partial charge is 0.391 e. The van der Waals surface area contributed by atoms with Crippen molar-refractivity contribution in [2.24, 2.45) is 11.3 Å². The number of aliphatic hydroxyl groups is 1. The SMILES string of the molecule is CCOC1CC(NC(=O)NCC(O)C2CC2)C12CCC2. The average Bonchev–Trinajstić information content (AvgIpc) is 3.16. The Morgan fingerprint density at radius 1 is 1.45 bits per heavy atom. The van der Waals surface area contributed by atoms with Crippen molar-refractivity contribution in [1.29, 1.82) is 0 Å². The van der Waals surface area contributed by atoms with Gasteiger partial charge in [0.15, 0.2) is 0 Å². The fourth-order valence-electron chi connectivity index (χ4n) is 3.69. The Hall–Kier alpha value is -0.810. The zero-order valence-corrected chi connectivity index (χ0v) is 12.2. The third-order valence-electron chi connectivity index (χ3n) is 5.38. The van der Waals surface area contributed by atoms with Gasteiger partial charge in [-0.05, 0) is 44.9 Å². The highest BCUT2D eigenvalue weighted by atomic mass is 16.5. The minimum atomic E-state index is -0.379. The first-order chi connectivity index (χ1) is 9.65. The summed E-state index contributed by atoms with van der Waals surface area (Å²) in [6.45, 7) is 3.14. The van der Waals surface area contributed by atoms with Crippen LogP contribution < -0.4 is 10.6 Å². The standard InChI is InChI=1S/C15H26N2O3/c1-2-20-13-8-12(15(13)6-3-7-15)17-14(19)16-9-11(18)10-4-5-10/h10-13,18H,2-9H2,1H3,(H2,16,17,19). The van der Waals surface area contributed by atoms with Gasteiger partial charge in [0, 0.05) is 24.6 Å². The predicted molar refractivity (Wildman–Crippen MR) is 75.4 cm³/mol. The Kier molecular flexibility index (Phi) is 3.91. The molecule has 114 valence electrons. The molecule has 0 aromatic heterocycles. The van der Waals surface area contributed by atoms with Crippen molar-refractivity contribution in [2.45, 2.75) is 63.7 Å². The lowest BCUT2D eigenvalue weighted by Crippen LogP contribution is -2.68. The number of nitrogens with one attached hydrogen (secondary N) is 2. The van der Waals surface area contributed by atoms with E-state index in [0.717, 1.165) is 38.7 Å². The summed E-state index contributed by atoms with van der Waals surface area (Å²) in [6, 6.07) is 0.0989. The molecule has 5 nitrogen and oxygen atoms in total. The van der Waals surface area contributed by atoms with Gasteiger partial charge in [-0.25, -0.2) is 4.79 Å². The molecule has 3 atom stereocenters. The van der Waals surface area contributed by atoms with Gasteiger partial charge in [0.1, 0.15) is 0 Å². The number of amides is 2. The van der Waals surface area contributed by atoms with Gasteiger partial charge >= 0.3 is 6.03 Å². The first kappa shape index (κ1) is 14.1. The molecule has 3 N–H and O–H groups in total. The molecule has 3 unspecified atom stereocenters. The van der Waals surface area contributed by atoms with Gasteiger partial charge in [0.25, 0.3) is 0 Å². The molecular weight excluding hydrogens is 256 g/mol. The molecule has 3 saturated carbocycles. The normalized spacial score (nSPS) is 32.1. The molecule has 0 heterocycles. The highest BCUT2D eigenvalue weighted by Crippen LogP contribution is 2.57. The van der Waals surface area contributed by atoms with Crippen molar-refractivity contribution in [3.8, 4) is 0 Å². The number of carbonyl (C=O) groups excluding carboxylic acids is 1. The molecule has 0 aliphatic heterocycles. The van der Waals surface area contributed by atoms with E-state index in [-0.39, 0.29) is 23.6 Å². The van der Waals surface area contributed by atoms with Crippen LogP contribution in [0.1, 0.15) is 45.4 Å². The lowest BCUT2D eigenvalue weighted by atomic mass is 9.51. The maximum Gasteiger partial charge on any atom is 0.315 e. The lowest BCUT2D eigenvalue weighted by molar-refractivity contribution is -0.169. The van der Waals surface area contributed by atoms with E-state index in [1.807, 2.05) is 6.92 Å². The van der Waals surface area contributed by atoms with Gasteiger partial charge in [-0.3, -0.25) is 0 Å². The Morgan fingerprint density at radius 2 is 2.20 bits per heavy atom. The van der Waals surface area contributed by atoms with Crippen LogP contribution in [0.15, 0.2) is 0 Å². The summed E-state index contributed by atoms with van der Waals surface area (Å²) < 4.78 is 5.77. The van der Waals surface area contributed by atoms with Crippen LogP contribution >= 0.6 is 0 Å². The van der Waals surface area contributed by atoms with Crippen molar-refractivity contribution in [2.75, 3.05) is 13.2 Å². The number of hydrogen-bond acceptors (Lipinski definition) is 3. The van der Waals surface area contributed by atoms with Crippen molar-refractivity contribution >= 4 is 6.03 Å². The monoisotopic (exact) mass is 282 g/mol. The molecule has 1 spiro atoms. The molecule has 2 amide bonds. The van der Waals surface area contributed by atoms with Crippen molar-refractivity contribution in [3.05, 3.63) is 0 Å². The van der Waals surface area contributed by atoms with E-state index in [0.29, 0.717) is 18.6 Å². The number of urea groups is 1. The predicted octanol–water partition coefficient (Wildman–Crippen LogP) is 1.40. The number of hydrogen-bond donors (Lipinski definition) is 3. The Balaban J connectivity index is 1.42. The molecule has 3 aliphatic rings. The van der Waals surface area contributed by atoms with Crippen molar-refractivity contribution < 1.29 is 14.6 Å². The molecule has 0 aromatic rings. The van der Waals surface area contributed by atoms with Gasteiger partial charge in [-0.15, -0.1) is 0 Å². The zero-order valence-electron chi connectivity index (χ0n) is 12.2. The van der Waals surface area contributed by atoms with E-state index in [9.17, 15) is 9.90 Å². The van der Waals surface area contributed by atoms with Crippen LogP contribution in [0.25, 0.3) is 0 Å². The second-order valence-corrected chi connectivity index (χ2v) is 6.58. The Morgan fingerprint density at radius 3 is 2.75 bits per heavy atom. The summed E-state index contributed by atoms with van der Waals surface area (Å²) in [5.74, 6) is 0.402. The molecule has 0 radical (unpaired) electrons. The highest BCUT2D eigenvalue weighted by Gasteiger charge is 2.59. The fourth-order valence-corrected chi connectivity index (χ4v) is 3.69. The quantitative estimate of drug-likeness (QED) is 0.690. The van der Waals surface area contributed by atoms with Crippen molar-refractivity contribution in [3.63, 3.8) is 0 Å². The molecule has 0 bridgehead atoms. The fraction of sp³-hybridized carbons (Fsp3) is 0.933. The first-order valence-electron chi connectivity index (χ1n) is 8.00. The van der Waals surface area contributed by atoms with Crippen LogP contribution in [0.2, 0.25) is 0 Å². The second-order valence-electron chi connectivity index (χ2n) is 6.58. The molecule has 20 heavy (non-hydrogen) atoms. The minimum absolute atomic E-state index is 0.143. The third kappa shape index (κ3) is 2.53. The molecule has 0 saturated heterocycles. The van der Waals surface area contributed by atoms with Crippen LogP contribution in [0, 0.1) is 11.3 Å². The maximum absolute atomic E-state index is 11.9. The van der Waals surface area contributed by atoms with Crippen LogP contribution in [-0.2, 0) is 4.74 Å². The average molecular weight is 282 g/mol. The zero-order chi connectivity index (χ0) is 14.2. The number of rotatable bonds is 6. The summed E-state index contributed by atoms with van der Waals surface area (Å²) in [7, 11) is 0. The third-order valence-corrected chi connectivity index (χ3v) is 5.38. The number of ether oxygens (including phenoxy) is 1. The van der Waals surface area contributed by atoms with Crippen molar-refractivity contribution in [1.82, 2.24) is 10.6 Å². The first-order valence-corrected chi connectivity index (χ1v) is 8.00. The summed E-state index contributed by atoms with van der Waals surface area (Å²) in [6.07, 6.45) is 6.61. The summed E-state index contributed by atoms with van der Waals surface area (Å²) in [5.41, 5.74) is 0.197. The topological polar surface area (TPSA) is 70.6 Å². The Bertz CT molecular complexity index is 366. The molecule has 5 heteroatoms. The molecule has 3 rings (SSSR count). The number of carbonyl (C=O) groups is 1. The summed E-state index contributed by atoms with van der Waals surface area (Å²) in [5, 5.41) is 15.6. The van der Waals surface area contributed by atoms with Gasteiger partial charge in [0.05, 0.1) is 12.2 Å². The van der Waals surface area contributed by atoms with Gasteiger partial charge in [0.2, 0.25) is 0 Å². The van der Waals surface area contributed by atoms with E-state index >= 15 is 0 Å². The highest BCUT2D eigenvalue weighted by molar-refractivity contribution is 5.74. The summed E-state index contributed by atoms with van der Waals surface area (Å²) in [4.78, 5) is 11.9. The second kappa shape index (κ2) is 5.53. The van der Waals surface area contributed by atoms with E-state index in [2.05, 4.69) is 10.6 Å². The smallest absolute Gasteiger partial charge is 0.315 e.